The quantitative estimate of drug-likeness (QED) is 0.673. The number of amides is 1. The van der Waals surface area contributed by atoms with Crippen LogP contribution >= 0.6 is 0 Å². The molecule has 0 aliphatic heterocycles. The predicted octanol–water partition coefficient (Wildman–Crippen LogP) is 5.43. The summed E-state index contributed by atoms with van der Waals surface area (Å²) in [5.74, 6) is 1.26. The summed E-state index contributed by atoms with van der Waals surface area (Å²) in [5, 5.41) is 6.89. The fourth-order valence-electron chi connectivity index (χ4n) is 2.79. The summed E-state index contributed by atoms with van der Waals surface area (Å²) in [7, 11) is 0. The fraction of sp³-hybridized carbons (Fsp3) is 0.300. The summed E-state index contributed by atoms with van der Waals surface area (Å²) in [6.45, 7) is 8.45. The Morgan fingerprint density at radius 2 is 1.68 bits per heavy atom. The van der Waals surface area contributed by atoms with E-state index in [0.717, 1.165) is 16.8 Å². The van der Waals surface area contributed by atoms with Crippen molar-refractivity contribution in [2.24, 2.45) is 0 Å². The third kappa shape index (κ3) is 3.50. The molecule has 0 saturated carbocycles. The first-order valence-corrected chi connectivity index (χ1v) is 8.42. The van der Waals surface area contributed by atoms with Gasteiger partial charge in [-0.05, 0) is 35.1 Å². The van der Waals surface area contributed by atoms with Crippen molar-refractivity contribution in [3.05, 3.63) is 59.5 Å². The zero-order chi connectivity index (χ0) is 18.0. The van der Waals surface area contributed by atoms with Crippen molar-refractivity contribution < 1.29 is 13.7 Å². The molecule has 0 atom stereocenters. The number of nitrogens with zero attached hydrogens (tertiary/aromatic N) is 1. The molecule has 0 aliphatic rings. The van der Waals surface area contributed by atoms with Gasteiger partial charge in [0, 0.05) is 11.8 Å². The van der Waals surface area contributed by atoms with E-state index in [2.05, 4.69) is 38.2 Å². The largest absolute Gasteiger partial charge is 0.461 e. The van der Waals surface area contributed by atoms with Crippen LogP contribution in [0, 0.1) is 0 Å². The molecule has 3 rings (SSSR count). The van der Waals surface area contributed by atoms with E-state index >= 15 is 0 Å². The minimum absolute atomic E-state index is 0.222. The molecule has 5 nitrogen and oxygen atoms in total. The van der Waals surface area contributed by atoms with E-state index in [-0.39, 0.29) is 11.6 Å². The van der Waals surface area contributed by atoms with Gasteiger partial charge in [0.1, 0.15) is 0 Å². The number of aromatic nitrogens is 1. The zero-order valence-corrected chi connectivity index (χ0v) is 14.9. The standard InChI is InChI=1S/C20H22N2O3/c1-12(2)14-7-5-8-15(13(3)4)19(14)21-20(23)16-11-18(25-22-16)17-9-6-10-24-17/h5-13H,1-4H3,(H,21,23). The minimum Gasteiger partial charge on any atom is -0.461 e. The SMILES string of the molecule is CC(C)c1cccc(C(C)C)c1NC(=O)c1cc(-c2ccco2)on1. The minimum atomic E-state index is -0.295. The fourth-order valence-corrected chi connectivity index (χ4v) is 2.79. The highest BCUT2D eigenvalue weighted by Gasteiger charge is 2.20. The second-order valence-electron chi connectivity index (χ2n) is 6.63. The Kier molecular flexibility index (Phi) is 4.74. The summed E-state index contributed by atoms with van der Waals surface area (Å²) in [6.07, 6.45) is 1.55. The Morgan fingerprint density at radius 1 is 1.00 bits per heavy atom. The van der Waals surface area contributed by atoms with Crippen LogP contribution in [0.2, 0.25) is 0 Å². The predicted molar refractivity (Wildman–Crippen MR) is 96.8 cm³/mol. The maximum atomic E-state index is 12.7. The van der Waals surface area contributed by atoms with Gasteiger partial charge in [0.15, 0.2) is 11.5 Å². The van der Waals surface area contributed by atoms with Gasteiger partial charge in [0.25, 0.3) is 5.91 Å². The first-order valence-electron chi connectivity index (χ1n) is 8.42. The average molecular weight is 338 g/mol. The van der Waals surface area contributed by atoms with Crippen molar-refractivity contribution in [1.82, 2.24) is 5.16 Å². The monoisotopic (exact) mass is 338 g/mol. The van der Waals surface area contributed by atoms with Crippen molar-refractivity contribution >= 4 is 11.6 Å². The van der Waals surface area contributed by atoms with Gasteiger partial charge in [0.2, 0.25) is 5.76 Å². The van der Waals surface area contributed by atoms with Crippen LogP contribution < -0.4 is 5.32 Å². The first kappa shape index (κ1) is 17.0. The molecule has 1 aromatic carbocycles. The molecule has 2 aromatic heterocycles. The van der Waals surface area contributed by atoms with Gasteiger partial charge in [0.05, 0.1) is 6.26 Å². The van der Waals surface area contributed by atoms with E-state index in [9.17, 15) is 4.79 Å². The van der Waals surface area contributed by atoms with Crippen molar-refractivity contribution in [3.63, 3.8) is 0 Å². The topological polar surface area (TPSA) is 68.3 Å². The Balaban J connectivity index is 1.91. The molecule has 1 amide bonds. The molecule has 5 heteroatoms. The van der Waals surface area contributed by atoms with Crippen molar-refractivity contribution in [1.29, 1.82) is 0 Å². The van der Waals surface area contributed by atoms with Gasteiger partial charge in [-0.3, -0.25) is 4.79 Å². The summed E-state index contributed by atoms with van der Waals surface area (Å²) in [5.41, 5.74) is 3.29. The van der Waals surface area contributed by atoms with Crippen molar-refractivity contribution in [3.8, 4) is 11.5 Å². The Hall–Kier alpha value is -2.82. The maximum Gasteiger partial charge on any atom is 0.277 e. The molecule has 3 aromatic rings. The Bertz CT molecular complexity index is 835. The van der Waals surface area contributed by atoms with Crippen LogP contribution in [0.15, 0.2) is 51.6 Å². The molecule has 2 heterocycles. The lowest BCUT2D eigenvalue weighted by Crippen LogP contribution is -2.16. The van der Waals surface area contributed by atoms with Gasteiger partial charge < -0.3 is 14.3 Å². The second kappa shape index (κ2) is 6.97. The van der Waals surface area contributed by atoms with Gasteiger partial charge in [-0.2, -0.15) is 0 Å². The van der Waals surface area contributed by atoms with Crippen LogP contribution in [0.25, 0.3) is 11.5 Å². The molecule has 0 bridgehead atoms. The third-order valence-electron chi connectivity index (χ3n) is 4.12. The van der Waals surface area contributed by atoms with Crippen LogP contribution in [-0.2, 0) is 0 Å². The lowest BCUT2D eigenvalue weighted by atomic mass is 9.92. The van der Waals surface area contributed by atoms with E-state index < -0.39 is 0 Å². The molecule has 0 saturated heterocycles. The number of rotatable bonds is 5. The van der Waals surface area contributed by atoms with Crippen LogP contribution in [0.5, 0.6) is 0 Å². The third-order valence-corrected chi connectivity index (χ3v) is 4.12. The number of furan rings is 1. The number of anilines is 1. The molecule has 0 unspecified atom stereocenters. The van der Waals surface area contributed by atoms with E-state index in [1.807, 2.05) is 18.2 Å². The van der Waals surface area contributed by atoms with Crippen LogP contribution in [0.1, 0.15) is 61.1 Å². The van der Waals surface area contributed by atoms with Crippen LogP contribution in [0.3, 0.4) is 0 Å². The molecule has 0 spiro atoms. The van der Waals surface area contributed by atoms with Gasteiger partial charge >= 0.3 is 0 Å². The molecule has 0 fully saturated rings. The lowest BCUT2D eigenvalue weighted by molar-refractivity contribution is 0.101. The number of hydrogen-bond donors (Lipinski definition) is 1. The highest BCUT2D eigenvalue weighted by atomic mass is 16.5. The van der Waals surface area contributed by atoms with Crippen LogP contribution in [0.4, 0.5) is 5.69 Å². The number of carbonyl (C=O) groups excluding carboxylic acids is 1. The van der Waals surface area contributed by atoms with Gasteiger partial charge in [-0.25, -0.2) is 0 Å². The van der Waals surface area contributed by atoms with E-state index in [1.165, 1.54) is 0 Å². The van der Waals surface area contributed by atoms with Gasteiger partial charge in [-0.1, -0.05) is 51.1 Å². The summed E-state index contributed by atoms with van der Waals surface area (Å²) < 4.78 is 10.5. The molecular weight excluding hydrogens is 316 g/mol. The van der Waals surface area contributed by atoms with Gasteiger partial charge in [-0.15, -0.1) is 0 Å². The number of para-hydroxylation sites is 1. The average Bonchev–Trinajstić information content (AvgIpc) is 3.25. The maximum absolute atomic E-state index is 12.7. The summed E-state index contributed by atoms with van der Waals surface area (Å²) >= 11 is 0. The molecule has 0 radical (unpaired) electrons. The highest BCUT2D eigenvalue weighted by Crippen LogP contribution is 2.32. The summed E-state index contributed by atoms with van der Waals surface area (Å²) in [6, 6.07) is 11.2. The Labute approximate surface area is 147 Å². The molecule has 25 heavy (non-hydrogen) atoms. The molecular formula is C20H22N2O3. The Morgan fingerprint density at radius 3 is 2.24 bits per heavy atom. The smallest absolute Gasteiger partial charge is 0.277 e. The zero-order valence-electron chi connectivity index (χ0n) is 14.9. The van der Waals surface area contributed by atoms with E-state index in [0.29, 0.717) is 23.4 Å². The molecule has 0 aliphatic carbocycles. The van der Waals surface area contributed by atoms with Crippen molar-refractivity contribution in [2.75, 3.05) is 5.32 Å². The summed E-state index contributed by atoms with van der Waals surface area (Å²) in [4.78, 5) is 12.7. The van der Waals surface area contributed by atoms with E-state index in [1.54, 1.807) is 24.5 Å². The first-order chi connectivity index (χ1) is 12.0. The normalized spacial score (nSPS) is 11.3. The lowest BCUT2D eigenvalue weighted by Gasteiger charge is -2.19. The number of hydrogen-bond acceptors (Lipinski definition) is 4. The van der Waals surface area contributed by atoms with Crippen LogP contribution in [-0.4, -0.2) is 11.1 Å². The molecule has 1 N–H and O–H groups in total. The number of carbonyl (C=O) groups is 1. The number of nitrogens with one attached hydrogen (secondary N) is 1. The van der Waals surface area contributed by atoms with E-state index in [4.69, 9.17) is 8.94 Å². The second-order valence-corrected chi connectivity index (χ2v) is 6.63. The van der Waals surface area contributed by atoms with Crippen molar-refractivity contribution in [2.45, 2.75) is 39.5 Å². The number of benzene rings is 1. The molecule has 130 valence electrons. The highest BCUT2D eigenvalue weighted by molar-refractivity contribution is 6.04.